The molecule has 6 heteroatoms. The van der Waals surface area contributed by atoms with Gasteiger partial charge in [0.2, 0.25) is 5.88 Å². The van der Waals surface area contributed by atoms with Gasteiger partial charge >= 0.3 is 0 Å². The number of aromatic nitrogens is 1. The fourth-order valence-corrected chi connectivity index (χ4v) is 2.47. The smallest absolute Gasteiger partial charge is 0.238 e. The van der Waals surface area contributed by atoms with Crippen LogP contribution in [0, 0.1) is 0 Å². The molecular weight excluding hydrogens is 318 g/mol. The number of benzene rings is 1. The summed E-state index contributed by atoms with van der Waals surface area (Å²) in [5.74, 6) is 0.591. The lowest BCUT2D eigenvalue weighted by atomic mass is 10.3. The van der Waals surface area contributed by atoms with Gasteiger partial charge in [-0.1, -0.05) is 12.1 Å². The fourth-order valence-electron chi connectivity index (χ4n) is 1.37. The summed E-state index contributed by atoms with van der Waals surface area (Å²) in [5, 5.41) is 0. The maximum Gasteiger partial charge on any atom is 0.238 e. The third-order valence-corrected chi connectivity index (χ3v) is 3.94. The third-order valence-electron chi connectivity index (χ3n) is 2.18. The highest BCUT2D eigenvalue weighted by atomic mass is 79.9. The Morgan fingerprint density at radius 1 is 1.17 bits per heavy atom. The van der Waals surface area contributed by atoms with Gasteiger partial charge in [-0.05, 0) is 40.2 Å². The van der Waals surface area contributed by atoms with Crippen molar-refractivity contribution in [2.24, 2.45) is 0 Å². The van der Waals surface area contributed by atoms with Gasteiger partial charge in [0, 0.05) is 12.5 Å². The average molecular weight is 328 g/mol. The molecule has 0 unspecified atom stereocenters. The minimum absolute atomic E-state index is 0.0701. The Hall–Kier alpha value is -1.40. The SMILES string of the molecule is CS(=O)(=O)c1cccnc1Oc1ccccc1Br. The van der Waals surface area contributed by atoms with Crippen molar-refractivity contribution >= 4 is 25.8 Å². The molecule has 2 rings (SSSR count). The molecule has 0 bridgehead atoms. The normalized spacial score (nSPS) is 11.2. The summed E-state index contributed by atoms with van der Waals surface area (Å²) < 4.78 is 29.5. The lowest BCUT2D eigenvalue weighted by Crippen LogP contribution is -2.01. The molecule has 0 radical (unpaired) electrons. The van der Waals surface area contributed by atoms with Gasteiger partial charge < -0.3 is 4.74 Å². The average Bonchev–Trinajstić information content (AvgIpc) is 2.31. The highest BCUT2D eigenvalue weighted by Gasteiger charge is 2.16. The summed E-state index contributed by atoms with van der Waals surface area (Å²) in [6.07, 6.45) is 2.61. The first-order chi connectivity index (χ1) is 8.48. The fraction of sp³-hybridized carbons (Fsp3) is 0.0833. The van der Waals surface area contributed by atoms with Gasteiger partial charge in [0.05, 0.1) is 4.47 Å². The van der Waals surface area contributed by atoms with Gasteiger partial charge in [-0.15, -0.1) is 0 Å². The van der Waals surface area contributed by atoms with Crippen molar-refractivity contribution in [3.05, 3.63) is 47.1 Å². The Morgan fingerprint density at radius 2 is 1.89 bits per heavy atom. The van der Waals surface area contributed by atoms with Crippen LogP contribution in [0.25, 0.3) is 0 Å². The molecule has 0 saturated carbocycles. The number of rotatable bonds is 3. The minimum Gasteiger partial charge on any atom is -0.437 e. The third kappa shape index (κ3) is 2.88. The zero-order chi connectivity index (χ0) is 13.2. The van der Waals surface area contributed by atoms with E-state index in [4.69, 9.17) is 4.74 Å². The number of sulfone groups is 1. The second-order valence-electron chi connectivity index (χ2n) is 3.61. The van der Waals surface area contributed by atoms with Crippen LogP contribution in [0.1, 0.15) is 0 Å². The molecule has 0 aliphatic carbocycles. The van der Waals surface area contributed by atoms with Crippen molar-refractivity contribution in [3.8, 4) is 11.6 Å². The Labute approximate surface area is 114 Å². The largest absolute Gasteiger partial charge is 0.437 e. The van der Waals surface area contributed by atoms with Crippen LogP contribution in [0.2, 0.25) is 0 Å². The van der Waals surface area contributed by atoms with E-state index >= 15 is 0 Å². The maximum atomic E-state index is 11.6. The van der Waals surface area contributed by atoms with Gasteiger partial charge in [0.25, 0.3) is 0 Å². The van der Waals surface area contributed by atoms with Crippen LogP contribution in [0.15, 0.2) is 52.0 Å². The molecule has 0 atom stereocenters. The summed E-state index contributed by atoms with van der Waals surface area (Å²) in [6.45, 7) is 0. The monoisotopic (exact) mass is 327 g/mol. The van der Waals surface area contributed by atoms with E-state index in [1.54, 1.807) is 24.3 Å². The first-order valence-corrected chi connectivity index (χ1v) is 7.74. The maximum absolute atomic E-state index is 11.6. The Kier molecular flexibility index (Phi) is 3.68. The summed E-state index contributed by atoms with van der Waals surface area (Å²) in [4.78, 5) is 4.03. The summed E-state index contributed by atoms with van der Waals surface area (Å²) in [7, 11) is -3.37. The second kappa shape index (κ2) is 5.07. The molecule has 1 aromatic carbocycles. The highest BCUT2D eigenvalue weighted by molar-refractivity contribution is 9.10. The van der Waals surface area contributed by atoms with E-state index in [-0.39, 0.29) is 10.8 Å². The lowest BCUT2D eigenvalue weighted by molar-refractivity contribution is 0.445. The summed E-state index contributed by atoms with van der Waals surface area (Å²) in [5.41, 5.74) is 0. The van der Waals surface area contributed by atoms with E-state index in [0.717, 1.165) is 10.7 Å². The van der Waals surface area contributed by atoms with E-state index in [1.165, 1.54) is 12.3 Å². The predicted molar refractivity (Wildman–Crippen MR) is 71.6 cm³/mol. The minimum atomic E-state index is -3.37. The van der Waals surface area contributed by atoms with Crippen molar-refractivity contribution in [1.29, 1.82) is 0 Å². The van der Waals surface area contributed by atoms with Gasteiger partial charge in [0.15, 0.2) is 9.84 Å². The van der Waals surface area contributed by atoms with E-state index in [0.29, 0.717) is 5.75 Å². The van der Waals surface area contributed by atoms with Crippen LogP contribution in [0.5, 0.6) is 11.6 Å². The lowest BCUT2D eigenvalue weighted by Gasteiger charge is -2.09. The van der Waals surface area contributed by atoms with E-state index in [2.05, 4.69) is 20.9 Å². The molecule has 1 aromatic heterocycles. The highest BCUT2D eigenvalue weighted by Crippen LogP contribution is 2.31. The molecule has 0 aliphatic rings. The molecule has 4 nitrogen and oxygen atoms in total. The van der Waals surface area contributed by atoms with Gasteiger partial charge in [-0.3, -0.25) is 0 Å². The summed E-state index contributed by atoms with van der Waals surface area (Å²) >= 11 is 3.33. The first kappa shape index (κ1) is 13.0. The zero-order valence-electron chi connectivity index (χ0n) is 9.50. The standard InChI is InChI=1S/C12H10BrNO3S/c1-18(15,16)11-7-4-8-14-12(11)17-10-6-3-2-5-9(10)13/h2-8H,1H3. The van der Waals surface area contributed by atoms with E-state index in [9.17, 15) is 8.42 Å². The number of hydrogen-bond acceptors (Lipinski definition) is 4. The quantitative estimate of drug-likeness (QED) is 0.869. The molecule has 2 aromatic rings. The second-order valence-corrected chi connectivity index (χ2v) is 6.45. The molecular formula is C12H10BrNO3S. The van der Waals surface area contributed by atoms with Crippen molar-refractivity contribution in [2.45, 2.75) is 4.90 Å². The first-order valence-electron chi connectivity index (χ1n) is 5.06. The molecule has 94 valence electrons. The molecule has 0 N–H and O–H groups in total. The number of pyridine rings is 1. The van der Waals surface area contributed by atoms with Crippen LogP contribution in [-0.4, -0.2) is 19.7 Å². The van der Waals surface area contributed by atoms with E-state index in [1.807, 2.05) is 6.07 Å². The number of ether oxygens (including phenoxy) is 1. The molecule has 0 amide bonds. The molecule has 0 spiro atoms. The van der Waals surface area contributed by atoms with Gasteiger partial charge in [0.1, 0.15) is 10.6 Å². The Bertz CT molecular complexity index is 671. The number of hydrogen-bond donors (Lipinski definition) is 0. The van der Waals surface area contributed by atoms with Crippen LogP contribution < -0.4 is 4.74 Å². The topological polar surface area (TPSA) is 56.3 Å². The predicted octanol–water partition coefficient (Wildman–Crippen LogP) is 3.04. The number of halogens is 1. The van der Waals surface area contributed by atoms with Crippen LogP contribution in [0.3, 0.4) is 0 Å². The molecule has 18 heavy (non-hydrogen) atoms. The van der Waals surface area contributed by atoms with Gasteiger partial charge in [-0.25, -0.2) is 13.4 Å². The van der Waals surface area contributed by atoms with E-state index < -0.39 is 9.84 Å². The zero-order valence-corrected chi connectivity index (χ0v) is 11.9. The van der Waals surface area contributed by atoms with Crippen molar-refractivity contribution in [2.75, 3.05) is 6.26 Å². The van der Waals surface area contributed by atoms with Crippen LogP contribution in [0.4, 0.5) is 0 Å². The number of nitrogens with zero attached hydrogens (tertiary/aromatic N) is 1. The molecule has 0 fully saturated rings. The Morgan fingerprint density at radius 3 is 2.56 bits per heavy atom. The van der Waals surface area contributed by atoms with Gasteiger partial charge in [-0.2, -0.15) is 0 Å². The van der Waals surface area contributed by atoms with Crippen molar-refractivity contribution in [1.82, 2.24) is 4.98 Å². The Balaban J connectivity index is 2.45. The van der Waals surface area contributed by atoms with Crippen LogP contribution in [-0.2, 0) is 9.84 Å². The molecule has 0 aliphatic heterocycles. The summed E-state index contributed by atoms with van der Waals surface area (Å²) in [6, 6.07) is 10.2. The van der Waals surface area contributed by atoms with Crippen LogP contribution >= 0.6 is 15.9 Å². The number of para-hydroxylation sites is 1. The van der Waals surface area contributed by atoms with Crippen molar-refractivity contribution in [3.63, 3.8) is 0 Å². The molecule has 1 heterocycles. The van der Waals surface area contributed by atoms with Crippen molar-refractivity contribution < 1.29 is 13.2 Å². The molecule has 0 saturated heterocycles.